The van der Waals surface area contributed by atoms with E-state index in [1.54, 1.807) is 0 Å². The Morgan fingerprint density at radius 2 is 1.21 bits per heavy atom. The van der Waals surface area contributed by atoms with Gasteiger partial charge < -0.3 is 10.1 Å². The first kappa shape index (κ1) is 23.9. The van der Waals surface area contributed by atoms with Crippen LogP contribution in [0.3, 0.4) is 0 Å². The van der Waals surface area contributed by atoms with E-state index in [-0.39, 0.29) is 11.0 Å². The highest BCUT2D eigenvalue weighted by molar-refractivity contribution is 4.77. The molecule has 0 aliphatic carbocycles. The van der Waals surface area contributed by atoms with E-state index in [0.29, 0.717) is 10.8 Å². The molecular weight excluding hydrogens is 294 g/mol. The maximum absolute atomic E-state index is 5.97. The fourth-order valence-corrected chi connectivity index (χ4v) is 2.63. The van der Waals surface area contributed by atoms with Crippen LogP contribution in [0.1, 0.15) is 101 Å². The molecule has 0 spiro atoms. The lowest BCUT2D eigenvalue weighted by Gasteiger charge is -2.32. The second-order valence-electron chi connectivity index (χ2n) is 11.5. The molecule has 0 atom stereocenters. The van der Waals surface area contributed by atoms with Crippen LogP contribution in [-0.2, 0) is 4.74 Å². The monoisotopic (exact) mass is 341 g/mol. The number of nitrogens with one attached hydrogen (secondary N) is 1. The van der Waals surface area contributed by atoms with Crippen molar-refractivity contribution < 1.29 is 4.74 Å². The molecule has 0 radical (unpaired) electrons. The summed E-state index contributed by atoms with van der Waals surface area (Å²) in [4.78, 5) is 0. The summed E-state index contributed by atoms with van der Waals surface area (Å²) < 4.78 is 5.97. The molecule has 24 heavy (non-hydrogen) atoms. The van der Waals surface area contributed by atoms with Gasteiger partial charge in [-0.2, -0.15) is 0 Å². The van der Waals surface area contributed by atoms with Crippen LogP contribution in [0.2, 0.25) is 0 Å². The Hall–Kier alpha value is -0.0800. The minimum absolute atomic E-state index is 0.233. The highest BCUT2D eigenvalue weighted by Gasteiger charge is 2.25. The van der Waals surface area contributed by atoms with Gasteiger partial charge in [0.25, 0.3) is 0 Å². The van der Waals surface area contributed by atoms with E-state index in [1.807, 2.05) is 0 Å². The zero-order chi connectivity index (χ0) is 19.1. The molecule has 0 saturated carbocycles. The number of rotatable bonds is 11. The van der Waals surface area contributed by atoms with E-state index in [1.165, 1.54) is 25.7 Å². The van der Waals surface area contributed by atoms with Crippen LogP contribution in [-0.4, -0.2) is 25.3 Å². The third-order valence-electron chi connectivity index (χ3n) is 4.65. The number of hydrogen-bond acceptors (Lipinski definition) is 2. The third kappa shape index (κ3) is 15.4. The summed E-state index contributed by atoms with van der Waals surface area (Å²) in [7, 11) is 0. The molecule has 0 aromatic rings. The van der Waals surface area contributed by atoms with Gasteiger partial charge in [-0.1, -0.05) is 48.5 Å². The smallest absolute Gasteiger partial charge is 0.0517 e. The van der Waals surface area contributed by atoms with Gasteiger partial charge in [0.05, 0.1) is 6.61 Å². The van der Waals surface area contributed by atoms with E-state index in [0.717, 1.165) is 26.2 Å². The highest BCUT2D eigenvalue weighted by atomic mass is 16.5. The van der Waals surface area contributed by atoms with Crippen molar-refractivity contribution in [2.75, 3.05) is 19.8 Å². The van der Waals surface area contributed by atoms with Gasteiger partial charge in [0.15, 0.2) is 0 Å². The minimum Gasteiger partial charge on any atom is -0.381 e. The van der Waals surface area contributed by atoms with E-state index < -0.39 is 0 Å². The van der Waals surface area contributed by atoms with E-state index in [9.17, 15) is 0 Å². The van der Waals surface area contributed by atoms with Crippen molar-refractivity contribution in [3.05, 3.63) is 0 Å². The van der Waals surface area contributed by atoms with Gasteiger partial charge in [-0.15, -0.1) is 0 Å². The molecule has 2 heteroatoms. The lowest BCUT2D eigenvalue weighted by atomic mass is 9.77. The maximum atomic E-state index is 5.97. The first-order chi connectivity index (χ1) is 10.6. The van der Waals surface area contributed by atoms with Gasteiger partial charge in [0.2, 0.25) is 0 Å². The average molecular weight is 342 g/mol. The fraction of sp³-hybridized carbons (Fsp3) is 1.00. The largest absolute Gasteiger partial charge is 0.381 e. The van der Waals surface area contributed by atoms with Crippen LogP contribution in [0.15, 0.2) is 0 Å². The van der Waals surface area contributed by atoms with Crippen molar-refractivity contribution >= 4 is 0 Å². The van der Waals surface area contributed by atoms with E-state index in [4.69, 9.17) is 4.74 Å². The molecule has 146 valence electrons. The maximum Gasteiger partial charge on any atom is 0.0517 e. The SMILES string of the molecule is CC(C)(C)CCOCC(C)(C)CCC(C)(C)CCCNC(C)(C)C. The van der Waals surface area contributed by atoms with Gasteiger partial charge in [-0.05, 0) is 75.7 Å². The Morgan fingerprint density at radius 3 is 1.71 bits per heavy atom. The standard InChI is InChI=1S/C22H47NO/c1-19(2,3)15-17-24-18-22(9,10)14-13-21(7,8)12-11-16-23-20(4,5)6/h23H,11-18H2,1-10H3. The van der Waals surface area contributed by atoms with Gasteiger partial charge >= 0.3 is 0 Å². The Morgan fingerprint density at radius 1 is 0.667 bits per heavy atom. The van der Waals surface area contributed by atoms with Crippen LogP contribution in [0.25, 0.3) is 0 Å². The molecule has 0 saturated heterocycles. The van der Waals surface area contributed by atoms with Crippen molar-refractivity contribution in [3.63, 3.8) is 0 Å². The van der Waals surface area contributed by atoms with Gasteiger partial charge in [0.1, 0.15) is 0 Å². The third-order valence-corrected chi connectivity index (χ3v) is 4.65. The Balaban J connectivity index is 4.00. The summed E-state index contributed by atoms with van der Waals surface area (Å²) in [5.74, 6) is 0. The summed E-state index contributed by atoms with van der Waals surface area (Å²) in [6.45, 7) is 26.0. The summed E-state index contributed by atoms with van der Waals surface area (Å²) in [6.07, 6.45) is 6.19. The molecule has 0 amide bonds. The van der Waals surface area contributed by atoms with Gasteiger partial charge in [0, 0.05) is 12.1 Å². The van der Waals surface area contributed by atoms with Crippen LogP contribution in [0.4, 0.5) is 0 Å². The predicted molar refractivity (Wildman–Crippen MR) is 109 cm³/mol. The van der Waals surface area contributed by atoms with E-state index in [2.05, 4.69) is 74.6 Å². The molecule has 0 bridgehead atoms. The molecule has 1 N–H and O–H groups in total. The first-order valence-electron chi connectivity index (χ1n) is 9.95. The van der Waals surface area contributed by atoms with Crippen LogP contribution in [0.5, 0.6) is 0 Å². The highest BCUT2D eigenvalue weighted by Crippen LogP contribution is 2.34. The summed E-state index contributed by atoms with van der Waals surface area (Å²) in [6, 6.07) is 0. The lowest BCUT2D eigenvalue weighted by Crippen LogP contribution is -2.36. The second kappa shape index (κ2) is 9.57. The minimum atomic E-state index is 0.233. The van der Waals surface area contributed by atoms with Crippen molar-refractivity contribution in [1.82, 2.24) is 5.32 Å². The van der Waals surface area contributed by atoms with Crippen molar-refractivity contribution in [2.45, 2.75) is 107 Å². The molecule has 0 rings (SSSR count). The van der Waals surface area contributed by atoms with Crippen molar-refractivity contribution in [1.29, 1.82) is 0 Å². The normalized spacial score (nSPS) is 14.2. The number of ether oxygens (including phenoxy) is 1. The van der Waals surface area contributed by atoms with Crippen molar-refractivity contribution in [2.24, 2.45) is 16.2 Å². The molecule has 0 fully saturated rings. The lowest BCUT2D eigenvalue weighted by molar-refractivity contribution is 0.0377. The quantitative estimate of drug-likeness (QED) is 0.437. The van der Waals surface area contributed by atoms with Crippen LogP contribution in [0, 0.1) is 16.2 Å². The van der Waals surface area contributed by atoms with E-state index >= 15 is 0 Å². The average Bonchev–Trinajstić information content (AvgIpc) is 2.36. The fourth-order valence-electron chi connectivity index (χ4n) is 2.63. The van der Waals surface area contributed by atoms with Crippen LogP contribution < -0.4 is 5.32 Å². The number of hydrogen-bond donors (Lipinski definition) is 1. The van der Waals surface area contributed by atoms with Crippen LogP contribution >= 0.6 is 0 Å². The molecule has 0 aromatic carbocycles. The molecule has 2 nitrogen and oxygen atoms in total. The molecular formula is C22H47NO. The molecule has 0 heterocycles. The van der Waals surface area contributed by atoms with Crippen molar-refractivity contribution in [3.8, 4) is 0 Å². The summed E-state index contributed by atoms with van der Waals surface area (Å²) >= 11 is 0. The Labute approximate surface area is 153 Å². The summed E-state index contributed by atoms with van der Waals surface area (Å²) in [5, 5.41) is 3.59. The summed E-state index contributed by atoms with van der Waals surface area (Å²) in [5.41, 5.74) is 1.30. The molecule has 0 aliphatic rings. The zero-order valence-electron chi connectivity index (χ0n) is 18.6. The van der Waals surface area contributed by atoms with Gasteiger partial charge in [-0.25, -0.2) is 0 Å². The topological polar surface area (TPSA) is 21.3 Å². The first-order valence-corrected chi connectivity index (χ1v) is 9.95. The van der Waals surface area contributed by atoms with Gasteiger partial charge in [-0.3, -0.25) is 0 Å². The molecule has 0 unspecified atom stereocenters. The second-order valence-corrected chi connectivity index (χ2v) is 11.5. The zero-order valence-corrected chi connectivity index (χ0v) is 18.6. The molecule has 0 aromatic heterocycles. The molecule has 0 aliphatic heterocycles. The Bertz CT molecular complexity index is 297. The Kier molecular flexibility index (Phi) is 9.54. The predicted octanol–water partition coefficient (Wildman–Crippen LogP) is 6.44.